The molecule has 0 radical (unpaired) electrons. The minimum absolute atomic E-state index is 0.248. The molecule has 1 aromatic heterocycles. The summed E-state index contributed by atoms with van der Waals surface area (Å²) in [6, 6.07) is 9.36. The van der Waals surface area contributed by atoms with E-state index in [9.17, 15) is 9.59 Å². The van der Waals surface area contributed by atoms with Crippen molar-refractivity contribution in [2.75, 3.05) is 24.7 Å². The number of thiol groups is 1. The molecule has 2 amide bonds. The van der Waals surface area contributed by atoms with Crippen LogP contribution >= 0.6 is 12.6 Å². The normalized spacial score (nSPS) is 13.4. The zero-order valence-corrected chi connectivity index (χ0v) is 16.7. The van der Waals surface area contributed by atoms with E-state index in [0.29, 0.717) is 11.1 Å². The topological polar surface area (TPSA) is 58.2 Å². The van der Waals surface area contributed by atoms with Gasteiger partial charge in [0.25, 0.3) is 11.8 Å². The number of aromatic nitrogens is 2. The minimum atomic E-state index is -0.248. The molecule has 0 spiro atoms. The molecule has 0 aliphatic carbocycles. The van der Waals surface area contributed by atoms with E-state index in [1.165, 1.54) is 11.9 Å². The Morgan fingerprint density at radius 1 is 1.11 bits per heavy atom. The van der Waals surface area contributed by atoms with Crippen LogP contribution in [-0.2, 0) is 13.1 Å². The first-order valence-electron chi connectivity index (χ1n) is 9.38. The number of imidazole rings is 1. The van der Waals surface area contributed by atoms with Crippen LogP contribution < -0.4 is 9.88 Å². The molecule has 3 aromatic rings. The number of anilines is 1. The van der Waals surface area contributed by atoms with Crippen LogP contribution in [0.2, 0.25) is 0 Å². The molecule has 0 saturated carbocycles. The Kier molecular flexibility index (Phi) is 5.09. The van der Waals surface area contributed by atoms with Gasteiger partial charge in [-0.15, -0.1) is 0 Å². The van der Waals surface area contributed by atoms with Crippen LogP contribution in [0.5, 0.6) is 0 Å². The highest BCUT2D eigenvalue weighted by atomic mass is 32.1. The third-order valence-electron chi connectivity index (χ3n) is 5.12. The summed E-state index contributed by atoms with van der Waals surface area (Å²) in [6.07, 6.45) is 7.17. The van der Waals surface area contributed by atoms with Crippen LogP contribution in [0.3, 0.4) is 0 Å². The standard InChI is InChI=1S/C21H22N4O2S/c1-23-20(26)16-5-2-4-15-18(7-6-17(19(15)16)21(23)27)22-8-3-9-24-10-11-25(14-24)12-13-28/h2,4-7,10-11,14,22H,3,8-9,12-13H2,1H3/p+1. The Morgan fingerprint density at radius 3 is 2.68 bits per heavy atom. The monoisotopic (exact) mass is 395 g/mol. The molecule has 0 saturated heterocycles. The highest BCUT2D eigenvalue weighted by Gasteiger charge is 2.30. The van der Waals surface area contributed by atoms with Crippen molar-refractivity contribution in [2.24, 2.45) is 0 Å². The van der Waals surface area contributed by atoms with Crippen molar-refractivity contribution in [3.63, 3.8) is 0 Å². The lowest BCUT2D eigenvalue weighted by molar-refractivity contribution is -0.691. The van der Waals surface area contributed by atoms with Crippen molar-refractivity contribution in [3.8, 4) is 0 Å². The van der Waals surface area contributed by atoms with Crippen LogP contribution in [0.25, 0.3) is 10.8 Å². The van der Waals surface area contributed by atoms with Gasteiger partial charge >= 0.3 is 0 Å². The fraction of sp³-hybridized carbons (Fsp3) is 0.286. The van der Waals surface area contributed by atoms with Crippen molar-refractivity contribution >= 4 is 40.9 Å². The van der Waals surface area contributed by atoms with Crippen LogP contribution in [-0.4, -0.2) is 40.6 Å². The summed E-state index contributed by atoms with van der Waals surface area (Å²) >= 11 is 4.25. The Hall–Kier alpha value is -2.80. The summed E-state index contributed by atoms with van der Waals surface area (Å²) in [6.45, 7) is 2.61. The van der Waals surface area contributed by atoms with E-state index in [2.05, 4.69) is 45.8 Å². The van der Waals surface area contributed by atoms with Crippen LogP contribution in [0, 0.1) is 0 Å². The molecule has 0 atom stereocenters. The fourth-order valence-electron chi connectivity index (χ4n) is 3.67. The maximum absolute atomic E-state index is 12.5. The summed E-state index contributed by atoms with van der Waals surface area (Å²) < 4.78 is 4.29. The van der Waals surface area contributed by atoms with E-state index in [-0.39, 0.29) is 11.8 Å². The van der Waals surface area contributed by atoms with E-state index < -0.39 is 0 Å². The fourth-order valence-corrected chi connectivity index (χ4v) is 3.91. The maximum Gasteiger partial charge on any atom is 0.261 e. The molecule has 2 heterocycles. The van der Waals surface area contributed by atoms with E-state index >= 15 is 0 Å². The Morgan fingerprint density at radius 2 is 1.89 bits per heavy atom. The van der Waals surface area contributed by atoms with Crippen LogP contribution in [0.1, 0.15) is 27.1 Å². The minimum Gasteiger partial charge on any atom is -0.384 e. The number of aryl methyl sites for hydroxylation is 2. The van der Waals surface area contributed by atoms with Gasteiger partial charge in [0.1, 0.15) is 12.4 Å². The number of rotatable bonds is 7. The SMILES string of the molecule is CN1C(=O)c2cccc3c(NCCCn4cc[n+](CCS)c4)ccc(c23)C1=O. The third kappa shape index (κ3) is 3.26. The maximum atomic E-state index is 12.5. The molecule has 6 nitrogen and oxygen atoms in total. The van der Waals surface area contributed by atoms with Gasteiger partial charge in [0.15, 0.2) is 0 Å². The Labute approximate surface area is 169 Å². The summed E-state index contributed by atoms with van der Waals surface area (Å²) in [5.74, 6) is 0.326. The van der Waals surface area contributed by atoms with Gasteiger partial charge < -0.3 is 5.32 Å². The van der Waals surface area contributed by atoms with Crippen molar-refractivity contribution in [3.05, 3.63) is 60.2 Å². The number of hydrogen-bond acceptors (Lipinski definition) is 4. The summed E-state index contributed by atoms with van der Waals surface area (Å²) in [5, 5.41) is 5.13. The van der Waals surface area contributed by atoms with Gasteiger partial charge in [0, 0.05) is 53.4 Å². The second-order valence-corrected chi connectivity index (χ2v) is 7.40. The molecule has 0 fully saturated rings. The number of carbonyl (C=O) groups is 2. The van der Waals surface area contributed by atoms with Gasteiger partial charge in [-0.3, -0.25) is 14.5 Å². The second-order valence-electron chi connectivity index (χ2n) is 6.95. The predicted molar refractivity (Wildman–Crippen MR) is 112 cm³/mol. The molecule has 7 heteroatoms. The largest absolute Gasteiger partial charge is 0.384 e. The number of nitrogens with one attached hydrogen (secondary N) is 1. The smallest absolute Gasteiger partial charge is 0.261 e. The second kappa shape index (κ2) is 7.67. The Bertz CT molecular complexity index is 1040. The molecule has 1 aliphatic rings. The van der Waals surface area contributed by atoms with E-state index in [1.54, 1.807) is 6.07 Å². The van der Waals surface area contributed by atoms with Gasteiger partial charge in [-0.05, 0) is 18.2 Å². The zero-order chi connectivity index (χ0) is 19.7. The van der Waals surface area contributed by atoms with Crippen LogP contribution in [0.4, 0.5) is 5.69 Å². The van der Waals surface area contributed by atoms with Crippen molar-refractivity contribution in [2.45, 2.75) is 19.5 Å². The highest BCUT2D eigenvalue weighted by molar-refractivity contribution is 7.80. The van der Waals surface area contributed by atoms with Crippen molar-refractivity contribution in [1.82, 2.24) is 9.47 Å². The summed E-state index contributed by atoms with van der Waals surface area (Å²) in [5.41, 5.74) is 2.11. The third-order valence-corrected chi connectivity index (χ3v) is 5.32. The lowest BCUT2D eigenvalue weighted by atomic mass is 9.93. The van der Waals surface area contributed by atoms with E-state index in [0.717, 1.165) is 48.3 Å². The van der Waals surface area contributed by atoms with E-state index in [1.807, 2.05) is 24.3 Å². The average Bonchev–Trinajstić information content (AvgIpc) is 3.15. The first kappa shape index (κ1) is 18.6. The highest BCUT2D eigenvalue weighted by Crippen LogP contribution is 2.33. The van der Waals surface area contributed by atoms with Crippen molar-refractivity contribution in [1.29, 1.82) is 0 Å². The lowest BCUT2D eigenvalue weighted by Crippen LogP contribution is -2.36. The number of benzene rings is 2. The van der Waals surface area contributed by atoms with Crippen LogP contribution in [0.15, 0.2) is 49.1 Å². The molecule has 2 aromatic carbocycles. The van der Waals surface area contributed by atoms with Gasteiger partial charge in [0.2, 0.25) is 6.33 Å². The molecule has 0 bridgehead atoms. The Balaban J connectivity index is 1.50. The predicted octanol–water partition coefficient (Wildman–Crippen LogP) is 2.59. The number of carbonyl (C=O) groups excluding carboxylic acids is 2. The molecule has 4 rings (SSSR count). The summed E-state index contributed by atoms with van der Waals surface area (Å²) in [7, 11) is 1.53. The first-order valence-corrected chi connectivity index (χ1v) is 10.0. The zero-order valence-electron chi connectivity index (χ0n) is 15.8. The average molecular weight is 396 g/mol. The van der Waals surface area contributed by atoms with E-state index in [4.69, 9.17) is 0 Å². The number of amides is 2. The van der Waals surface area contributed by atoms with Crippen molar-refractivity contribution < 1.29 is 14.2 Å². The quantitative estimate of drug-likeness (QED) is 0.280. The molecule has 28 heavy (non-hydrogen) atoms. The molecule has 144 valence electrons. The van der Waals surface area contributed by atoms with Gasteiger partial charge in [0.05, 0.1) is 13.1 Å². The molecule has 1 aliphatic heterocycles. The van der Waals surface area contributed by atoms with Gasteiger partial charge in [-0.25, -0.2) is 9.13 Å². The van der Waals surface area contributed by atoms with Gasteiger partial charge in [-0.2, -0.15) is 12.6 Å². The first-order chi connectivity index (χ1) is 13.6. The lowest BCUT2D eigenvalue weighted by Gasteiger charge is -2.24. The van der Waals surface area contributed by atoms with Gasteiger partial charge in [-0.1, -0.05) is 12.1 Å². The summed E-state index contributed by atoms with van der Waals surface area (Å²) in [4.78, 5) is 26.1. The molecular weight excluding hydrogens is 372 g/mol. The molecular formula is C21H23N4O2S+. The number of hydrogen-bond donors (Lipinski definition) is 2. The molecule has 0 unspecified atom stereocenters. The number of nitrogens with zero attached hydrogens (tertiary/aromatic N) is 3. The number of imide groups is 1. The molecule has 1 N–H and O–H groups in total.